The molecule has 168 valence electrons. The van der Waals surface area contributed by atoms with Crippen molar-refractivity contribution in [3.8, 4) is 0 Å². The van der Waals surface area contributed by atoms with E-state index in [1.807, 2.05) is 0 Å². The summed E-state index contributed by atoms with van der Waals surface area (Å²) in [5.41, 5.74) is 0.915. The standard InChI is InChI=1S/C20H22Cl3N3O4S/c1-13(20(28)24-2)25(11-14-4-9-17(22)18(23)10-14)19(27)12-26(31(3,29)30)16-7-5-15(21)6-8-16/h4-10,13H,11-12H2,1-3H3,(H,24,28)/t13-/m1/s1. The highest BCUT2D eigenvalue weighted by atomic mass is 35.5. The summed E-state index contributed by atoms with van der Waals surface area (Å²) in [5.74, 6) is -0.964. The Balaban J connectivity index is 2.38. The lowest BCUT2D eigenvalue weighted by Crippen LogP contribution is -2.50. The third-order valence-electron chi connectivity index (χ3n) is 4.54. The Morgan fingerprint density at radius 3 is 2.16 bits per heavy atom. The van der Waals surface area contributed by atoms with Crippen molar-refractivity contribution in [1.29, 1.82) is 0 Å². The molecule has 0 bridgehead atoms. The highest BCUT2D eigenvalue weighted by molar-refractivity contribution is 7.92. The second-order valence-corrected chi connectivity index (χ2v) is 9.96. The molecule has 0 fully saturated rings. The van der Waals surface area contributed by atoms with Crippen molar-refractivity contribution in [2.75, 3.05) is 24.2 Å². The molecule has 0 radical (unpaired) electrons. The van der Waals surface area contributed by atoms with Crippen molar-refractivity contribution >= 4 is 62.3 Å². The summed E-state index contributed by atoms with van der Waals surface area (Å²) < 4.78 is 25.7. The maximum Gasteiger partial charge on any atom is 0.244 e. The van der Waals surface area contributed by atoms with Crippen molar-refractivity contribution in [2.24, 2.45) is 0 Å². The van der Waals surface area contributed by atoms with Crippen LogP contribution in [0.15, 0.2) is 42.5 Å². The van der Waals surface area contributed by atoms with Crippen LogP contribution in [0.25, 0.3) is 0 Å². The first kappa shape index (κ1) is 25.3. The van der Waals surface area contributed by atoms with E-state index in [0.717, 1.165) is 10.6 Å². The van der Waals surface area contributed by atoms with Gasteiger partial charge >= 0.3 is 0 Å². The zero-order valence-corrected chi connectivity index (χ0v) is 20.2. The molecule has 0 aliphatic rings. The number of hydrogen-bond donors (Lipinski definition) is 1. The lowest BCUT2D eigenvalue weighted by atomic mass is 10.1. The van der Waals surface area contributed by atoms with Gasteiger partial charge in [-0.15, -0.1) is 0 Å². The van der Waals surface area contributed by atoms with E-state index in [-0.39, 0.29) is 12.2 Å². The van der Waals surface area contributed by atoms with Crippen molar-refractivity contribution in [3.63, 3.8) is 0 Å². The van der Waals surface area contributed by atoms with Crippen LogP contribution in [0.4, 0.5) is 5.69 Å². The fourth-order valence-electron chi connectivity index (χ4n) is 2.85. The van der Waals surface area contributed by atoms with E-state index in [9.17, 15) is 18.0 Å². The second-order valence-electron chi connectivity index (χ2n) is 6.81. The molecule has 2 aromatic rings. The van der Waals surface area contributed by atoms with E-state index < -0.39 is 34.4 Å². The first-order valence-corrected chi connectivity index (χ1v) is 12.1. The summed E-state index contributed by atoms with van der Waals surface area (Å²) in [6.07, 6.45) is 1.00. The molecule has 0 saturated carbocycles. The Morgan fingerprint density at radius 2 is 1.65 bits per heavy atom. The predicted molar refractivity (Wildman–Crippen MR) is 124 cm³/mol. The molecule has 0 unspecified atom stereocenters. The van der Waals surface area contributed by atoms with E-state index in [4.69, 9.17) is 34.8 Å². The van der Waals surface area contributed by atoms with Gasteiger partial charge in [0.1, 0.15) is 12.6 Å². The van der Waals surface area contributed by atoms with Crippen molar-refractivity contribution in [3.05, 3.63) is 63.1 Å². The molecule has 0 saturated heterocycles. The van der Waals surface area contributed by atoms with Gasteiger partial charge in [0.25, 0.3) is 0 Å². The van der Waals surface area contributed by atoms with Gasteiger partial charge in [-0.1, -0.05) is 40.9 Å². The summed E-state index contributed by atoms with van der Waals surface area (Å²) in [5, 5.41) is 3.59. The molecular formula is C20H22Cl3N3O4S. The van der Waals surface area contributed by atoms with E-state index in [2.05, 4.69) is 5.32 Å². The van der Waals surface area contributed by atoms with Crippen LogP contribution in [0.5, 0.6) is 0 Å². The third kappa shape index (κ3) is 6.74. The minimum Gasteiger partial charge on any atom is -0.357 e. The second kappa shape index (κ2) is 10.5. The molecule has 0 spiro atoms. The normalized spacial score (nSPS) is 12.2. The third-order valence-corrected chi connectivity index (χ3v) is 6.68. The number of benzene rings is 2. The van der Waals surface area contributed by atoms with Crippen molar-refractivity contribution < 1.29 is 18.0 Å². The molecule has 7 nitrogen and oxygen atoms in total. The zero-order valence-electron chi connectivity index (χ0n) is 17.1. The number of likely N-dealkylation sites (N-methyl/N-ethyl adjacent to an activating group) is 1. The molecule has 11 heteroatoms. The van der Waals surface area contributed by atoms with E-state index in [1.54, 1.807) is 25.1 Å². The highest BCUT2D eigenvalue weighted by Crippen LogP contribution is 2.25. The number of sulfonamides is 1. The van der Waals surface area contributed by atoms with Crippen molar-refractivity contribution in [1.82, 2.24) is 10.2 Å². The Morgan fingerprint density at radius 1 is 1.03 bits per heavy atom. The number of hydrogen-bond acceptors (Lipinski definition) is 4. The Labute approximate surface area is 196 Å². The largest absolute Gasteiger partial charge is 0.357 e. The maximum atomic E-state index is 13.2. The SMILES string of the molecule is CNC(=O)[C@@H](C)N(Cc1ccc(Cl)c(Cl)c1)C(=O)CN(c1ccc(Cl)cc1)S(C)(=O)=O. The molecule has 1 atom stereocenters. The highest BCUT2D eigenvalue weighted by Gasteiger charge is 2.29. The Kier molecular flexibility index (Phi) is 8.59. The molecular weight excluding hydrogens is 485 g/mol. The zero-order chi connectivity index (χ0) is 23.3. The van der Waals surface area contributed by atoms with E-state index >= 15 is 0 Å². The van der Waals surface area contributed by atoms with E-state index in [1.165, 1.54) is 36.2 Å². The summed E-state index contributed by atoms with van der Waals surface area (Å²) in [7, 11) is -2.34. The number of nitrogens with one attached hydrogen (secondary N) is 1. The fraction of sp³-hybridized carbons (Fsp3) is 0.300. The lowest BCUT2D eigenvalue weighted by Gasteiger charge is -2.31. The average molecular weight is 507 g/mol. The van der Waals surface area contributed by atoms with Gasteiger partial charge < -0.3 is 10.2 Å². The Hall–Kier alpha value is -2.00. The molecule has 0 aromatic heterocycles. The van der Waals surface area contributed by atoms with Gasteiger partial charge in [0.2, 0.25) is 21.8 Å². The first-order chi connectivity index (χ1) is 14.4. The summed E-state index contributed by atoms with van der Waals surface area (Å²) in [4.78, 5) is 26.8. The van der Waals surface area contributed by atoms with Gasteiger partial charge in [-0.05, 0) is 48.9 Å². The van der Waals surface area contributed by atoms with Crippen LogP contribution in [-0.4, -0.2) is 51.0 Å². The monoisotopic (exact) mass is 505 g/mol. The number of carbonyl (C=O) groups excluding carboxylic acids is 2. The quantitative estimate of drug-likeness (QED) is 0.593. The molecule has 0 aliphatic carbocycles. The molecule has 0 aliphatic heterocycles. The average Bonchev–Trinajstić information content (AvgIpc) is 2.71. The topological polar surface area (TPSA) is 86.8 Å². The van der Waals surface area contributed by atoms with Crippen LogP contribution in [0.3, 0.4) is 0 Å². The molecule has 31 heavy (non-hydrogen) atoms. The van der Waals surface area contributed by atoms with Gasteiger partial charge in [0, 0.05) is 18.6 Å². The van der Waals surface area contributed by atoms with E-state index in [0.29, 0.717) is 20.6 Å². The molecule has 1 N–H and O–H groups in total. The molecule has 2 aromatic carbocycles. The number of carbonyl (C=O) groups is 2. The van der Waals surface area contributed by atoms with Gasteiger partial charge in [0.15, 0.2) is 0 Å². The summed E-state index contributed by atoms with van der Waals surface area (Å²) >= 11 is 17.9. The van der Waals surface area contributed by atoms with Crippen LogP contribution in [0.1, 0.15) is 12.5 Å². The van der Waals surface area contributed by atoms with Gasteiger partial charge in [-0.3, -0.25) is 13.9 Å². The number of rotatable bonds is 8. The summed E-state index contributed by atoms with van der Waals surface area (Å²) in [6, 6.07) is 10.1. The number of amides is 2. The molecule has 2 rings (SSSR count). The Bertz CT molecular complexity index is 1060. The van der Waals surface area contributed by atoms with Crippen LogP contribution >= 0.6 is 34.8 Å². The minimum absolute atomic E-state index is 0.0303. The number of anilines is 1. The van der Waals surface area contributed by atoms with Gasteiger partial charge in [-0.25, -0.2) is 8.42 Å². The number of nitrogens with zero attached hydrogens (tertiary/aromatic N) is 2. The lowest BCUT2D eigenvalue weighted by molar-refractivity contribution is -0.139. The van der Waals surface area contributed by atoms with Crippen LogP contribution in [0.2, 0.25) is 15.1 Å². The fourth-order valence-corrected chi connectivity index (χ4v) is 4.14. The number of halogens is 3. The van der Waals surface area contributed by atoms with Crippen molar-refractivity contribution in [2.45, 2.75) is 19.5 Å². The van der Waals surface area contributed by atoms with Gasteiger partial charge in [0.05, 0.1) is 22.0 Å². The smallest absolute Gasteiger partial charge is 0.244 e. The van der Waals surface area contributed by atoms with Crippen LogP contribution in [-0.2, 0) is 26.2 Å². The minimum atomic E-state index is -3.79. The first-order valence-electron chi connectivity index (χ1n) is 9.12. The maximum absolute atomic E-state index is 13.2. The molecule has 0 heterocycles. The van der Waals surface area contributed by atoms with Crippen LogP contribution < -0.4 is 9.62 Å². The molecule has 2 amide bonds. The predicted octanol–water partition coefficient (Wildman–Crippen LogP) is 3.58. The van der Waals surface area contributed by atoms with Crippen LogP contribution in [0, 0.1) is 0 Å². The van der Waals surface area contributed by atoms with Gasteiger partial charge in [-0.2, -0.15) is 0 Å². The summed E-state index contributed by atoms with van der Waals surface area (Å²) in [6.45, 7) is 1.09.